The zero-order chi connectivity index (χ0) is 13.2. The number of ether oxygens (including phenoxy) is 1. The van der Waals surface area contributed by atoms with Crippen molar-refractivity contribution >= 4 is 11.8 Å². The van der Waals surface area contributed by atoms with Crippen LogP contribution in [-0.4, -0.2) is 18.7 Å². The molecule has 94 valence electrons. The number of benzene rings is 1. The average Bonchev–Trinajstić information content (AvgIpc) is 2.18. The number of rotatable bonds is 1. The second-order valence-corrected chi connectivity index (χ2v) is 4.97. The molecule has 0 fully saturated rings. The van der Waals surface area contributed by atoms with E-state index >= 15 is 0 Å². The summed E-state index contributed by atoms with van der Waals surface area (Å²) in [6.07, 6.45) is -0.499. The number of anilines is 1. The molecule has 0 aliphatic carbocycles. The predicted octanol–water partition coefficient (Wildman–Crippen LogP) is 3.51. The summed E-state index contributed by atoms with van der Waals surface area (Å²) in [4.78, 5) is 13.0. The molecule has 4 heteroatoms. The van der Waals surface area contributed by atoms with E-state index < -0.39 is 11.7 Å². The van der Waals surface area contributed by atoms with Gasteiger partial charge in [-0.1, -0.05) is 6.07 Å². The van der Waals surface area contributed by atoms with Crippen molar-refractivity contribution in [3.63, 3.8) is 0 Å². The van der Waals surface area contributed by atoms with Crippen LogP contribution in [0.4, 0.5) is 14.9 Å². The summed E-state index contributed by atoms with van der Waals surface area (Å²) in [5, 5.41) is 0. The van der Waals surface area contributed by atoms with Crippen LogP contribution < -0.4 is 4.90 Å². The van der Waals surface area contributed by atoms with Gasteiger partial charge in [0, 0.05) is 12.7 Å². The van der Waals surface area contributed by atoms with E-state index in [0.717, 1.165) is 0 Å². The quantitative estimate of drug-likeness (QED) is 0.750. The highest BCUT2D eigenvalue weighted by atomic mass is 19.1. The number of carbonyl (C=O) groups is 1. The van der Waals surface area contributed by atoms with Crippen LogP contribution in [0.2, 0.25) is 0 Å². The van der Waals surface area contributed by atoms with E-state index in [4.69, 9.17) is 4.74 Å². The van der Waals surface area contributed by atoms with E-state index in [1.807, 2.05) is 0 Å². The molecule has 0 bridgehead atoms. The van der Waals surface area contributed by atoms with E-state index in [2.05, 4.69) is 0 Å². The fourth-order valence-corrected chi connectivity index (χ4v) is 1.23. The molecule has 1 aromatic rings. The molecule has 17 heavy (non-hydrogen) atoms. The van der Waals surface area contributed by atoms with E-state index in [1.54, 1.807) is 46.9 Å². The molecule has 1 aromatic carbocycles. The number of amides is 1. The van der Waals surface area contributed by atoms with Gasteiger partial charge in [-0.05, 0) is 45.4 Å². The first-order valence-electron chi connectivity index (χ1n) is 5.43. The van der Waals surface area contributed by atoms with Gasteiger partial charge >= 0.3 is 6.09 Å². The number of halogens is 1. The number of carbonyl (C=O) groups excluding carboxylic acids is 1. The molecule has 0 unspecified atom stereocenters. The largest absolute Gasteiger partial charge is 0.443 e. The van der Waals surface area contributed by atoms with Crippen molar-refractivity contribution in [1.29, 1.82) is 0 Å². The summed E-state index contributed by atoms with van der Waals surface area (Å²) in [5.74, 6) is -0.335. The summed E-state index contributed by atoms with van der Waals surface area (Å²) < 4.78 is 18.6. The van der Waals surface area contributed by atoms with Crippen LogP contribution >= 0.6 is 0 Å². The maximum atomic E-state index is 13.4. The Morgan fingerprint density at radius 1 is 1.35 bits per heavy atom. The van der Waals surface area contributed by atoms with E-state index in [0.29, 0.717) is 11.3 Å². The van der Waals surface area contributed by atoms with Crippen LogP contribution in [-0.2, 0) is 4.74 Å². The maximum Gasteiger partial charge on any atom is 0.414 e. The molecule has 0 aliphatic heterocycles. The maximum absolute atomic E-state index is 13.4. The van der Waals surface area contributed by atoms with Gasteiger partial charge in [-0.2, -0.15) is 0 Å². The topological polar surface area (TPSA) is 29.5 Å². The Labute approximate surface area is 101 Å². The molecular formula is C13H18FNO2. The number of aryl methyl sites for hydroxylation is 1. The zero-order valence-electron chi connectivity index (χ0n) is 10.9. The van der Waals surface area contributed by atoms with Crippen molar-refractivity contribution in [3.05, 3.63) is 29.6 Å². The van der Waals surface area contributed by atoms with Crippen LogP contribution in [0.1, 0.15) is 26.3 Å². The fraction of sp³-hybridized carbons (Fsp3) is 0.462. The summed E-state index contributed by atoms with van der Waals surface area (Å²) >= 11 is 0. The molecule has 0 saturated carbocycles. The van der Waals surface area contributed by atoms with Crippen molar-refractivity contribution in [3.8, 4) is 0 Å². The lowest BCUT2D eigenvalue weighted by Gasteiger charge is -2.24. The lowest BCUT2D eigenvalue weighted by molar-refractivity contribution is 0.0589. The van der Waals surface area contributed by atoms with Crippen molar-refractivity contribution in [2.24, 2.45) is 0 Å². The van der Waals surface area contributed by atoms with Crippen molar-refractivity contribution < 1.29 is 13.9 Å². The number of nitrogens with zero attached hydrogens (tertiary/aromatic N) is 1. The highest BCUT2D eigenvalue weighted by Crippen LogP contribution is 2.19. The van der Waals surface area contributed by atoms with Crippen LogP contribution in [0.25, 0.3) is 0 Å². The Kier molecular flexibility index (Phi) is 3.76. The highest BCUT2D eigenvalue weighted by molar-refractivity contribution is 5.87. The van der Waals surface area contributed by atoms with Crippen LogP contribution in [0.15, 0.2) is 18.2 Å². The predicted molar refractivity (Wildman–Crippen MR) is 65.8 cm³/mol. The summed E-state index contributed by atoms with van der Waals surface area (Å²) in [6, 6.07) is 4.63. The van der Waals surface area contributed by atoms with Gasteiger partial charge in [0.15, 0.2) is 0 Å². The monoisotopic (exact) mass is 239 g/mol. The fourth-order valence-electron chi connectivity index (χ4n) is 1.23. The van der Waals surface area contributed by atoms with Crippen molar-refractivity contribution in [1.82, 2.24) is 0 Å². The highest BCUT2D eigenvalue weighted by Gasteiger charge is 2.20. The first kappa shape index (κ1) is 13.5. The normalized spacial score (nSPS) is 11.2. The summed E-state index contributed by atoms with van der Waals surface area (Å²) in [7, 11) is 1.55. The Hall–Kier alpha value is -1.58. The smallest absolute Gasteiger partial charge is 0.414 e. The Balaban J connectivity index is 2.85. The SMILES string of the molecule is Cc1ccc(N(C)C(=O)OC(C)(C)C)cc1F. The van der Waals surface area contributed by atoms with Gasteiger partial charge in [-0.3, -0.25) is 4.90 Å². The molecule has 0 N–H and O–H groups in total. The minimum absolute atomic E-state index is 0.335. The Morgan fingerprint density at radius 3 is 2.41 bits per heavy atom. The third-order valence-electron chi connectivity index (χ3n) is 2.21. The molecule has 0 radical (unpaired) electrons. The molecule has 3 nitrogen and oxygen atoms in total. The van der Waals surface area contributed by atoms with Crippen LogP contribution in [0.3, 0.4) is 0 Å². The van der Waals surface area contributed by atoms with Crippen molar-refractivity contribution in [2.45, 2.75) is 33.3 Å². The average molecular weight is 239 g/mol. The van der Waals surface area contributed by atoms with Crippen LogP contribution in [0.5, 0.6) is 0 Å². The van der Waals surface area contributed by atoms with Gasteiger partial charge in [0.05, 0.1) is 0 Å². The first-order chi connectivity index (χ1) is 7.70. The molecule has 0 spiro atoms. The summed E-state index contributed by atoms with van der Waals surface area (Å²) in [6.45, 7) is 7.03. The Morgan fingerprint density at radius 2 is 1.94 bits per heavy atom. The zero-order valence-corrected chi connectivity index (χ0v) is 10.9. The summed E-state index contributed by atoms with van der Waals surface area (Å²) in [5.41, 5.74) is 0.461. The molecular weight excluding hydrogens is 221 g/mol. The third-order valence-corrected chi connectivity index (χ3v) is 2.21. The van der Waals surface area contributed by atoms with Crippen molar-refractivity contribution in [2.75, 3.05) is 11.9 Å². The van der Waals surface area contributed by atoms with Gasteiger partial charge in [0.1, 0.15) is 11.4 Å². The van der Waals surface area contributed by atoms with Gasteiger partial charge in [-0.15, -0.1) is 0 Å². The van der Waals surface area contributed by atoms with E-state index in [1.165, 1.54) is 11.0 Å². The molecule has 0 saturated heterocycles. The second-order valence-electron chi connectivity index (χ2n) is 4.97. The molecule has 0 atom stereocenters. The minimum atomic E-state index is -0.561. The van der Waals surface area contributed by atoms with Gasteiger partial charge < -0.3 is 4.74 Å². The van der Waals surface area contributed by atoms with Crippen LogP contribution in [0, 0.1) is 12.7 Å². The molecule has 0 aliphatic rings. The standard InChI is InChI=1S/C13H18FNO2/c1-9-6-7-10(8-11(9)14)15(5)12(16)17-13(2,3)4/h6-8H,1-5H3. The molecule has 0 heterocycles. The third kappa shape index (κ3) is 3.73. The van der Waals surface area contributed by atoms with E-state index in [9.17, 15) is 9.18 Å². The molecule has 0 aromatic heterocycles. The van der Waals surface area contributed by atoms with Gasteiger partial charge in [0.2, 0.25) is 0 Å². The second kappa shape index (κ2) is 4.73. The van der Waals surface area contributed by atoms with Gasteiger partial charge in [0.25, 0.3) is 0 Å². The number of hydrogen-bond donors (Lipinski definition) is 0. The molecule has 1 amide bonds. The Bertz CT molecular complexity index is 424. The number of hydrogen-bond acceptors (Lipinski definition) is 2. The first-order valence-corrected chi connectivity index (χ1v) is 5.43. The lowest BCUT2D eigenvalue weighted by atomic mass is 10.2. The van der Waals surface area contributed by atoms with E-state index in [-0.39, 0.29) is 5.82 Å². The van der Waals surface area contributed by atoms with Gasteiger partial charge in [-0.25, -0.2) is 9.18 Å². The lowest BCUT2D eigenvalue weighted by Crippen LogP contribution is -2.34. The minimum Gasteiger partial charge on any atom is -0.443 e. The molecule has 1 rings (SSSR count).